The molecule has 0 amide bonds. The van der Waals surface area contributed by atoms with E-state index in [0.717, 1.165) is 35.9 Å². The van der Waals surface area contributed by atoms with Gasteiger partial charge in [0.05, 0.1) is 25.5 Å². The number of ether oxygens (including phenoxy) is 1. The van der Waals surface area contributed by atoms with E-state index in [4.69, 9.17) is 4.74 Å². The fourth-order valence-electron chi connectivity index (χ4n) is 3.23. The van der Waals surface area contributed by atoms with Gasteiger partial charge in [-0.3, -0.25) is 4.98 Å². The summed E-state index contributed by atoms with van der Waals surface area (Å²) < 4.78 is 7.48. The lowest BCUT2D eigenvalue weighted by atomic mass is 10.1. The molecule has 0 fully saturated rings. The number of hydrogen-bond donors (Lipinski definition) is 1. The minimum absolute atomic E-state index is 0.683. The summed E-state index contributed by atoms with van der Waals surface area (Å²) in [6.45, 7) is 1.76. The monoisotopic (exact) mass is 334 g/mol. The highest BCUT2D eigenvalue weighted by Crippen LogP contribution is 2.25. The van der Waals surface area contributed by atoms with Gasteiger partial charge in [-0.1, -0.05) is 0 Å². The van der Waals surface area contributed by atoms with E-state index in [-0.39, 0.29) is 0 Å². The third-order valence-electron chi connectivity index (χ3n) is 4.65. The summed E-state index contributed by atoms with van der Waals surface area (Å²) >= 11 is 0. The van der Waals surface area contributed by atoms with Crippen LogP contribution in [0.5, 0.6) is 5.75 Å². The van der Waals surface area contributed by atoms with Crippen molar-refractivity contribution in [1.29, 1.82) is 0 Å². The molecule has 3 aromatic rings. The summed E-state index contributed by atoms with van der Waals surface area (Å²) in [5, 5.41) is 3.40. The highest BCUT2D eigenvalue weighted by molar-refractivity contribution is 5.60. The number of nitrogens with zero attached hydrogens (tertiary/aromatic N) is 3. The summed E-state index contributed by atoms with van der Waals surface area (Å²) in [4.78, 5) is 9.00. The molecule has 0 saturated carbocycles. The number of imidazole rings is 1. The molecule has 0 saturated heterocycles. The number of anilines is 1. The molecule has 5 nitrogen and oxygen atoms in total. The topological polar surface area (TPSA) is 52.0 Å². The molecule has 3 heterocycles. The van der Waals surface area contributed by atoms with Crippen LogP contribution in [0.1, 0.15) is 24.2 Å². The maximum absolute atomic E-state index is 5.13. The molecule has 128 valence electrons. The molecule has 4 rings (SSSR count). The van der Waals surface area contributed by atoms with Crippen molar-refractivity contribution in [1.82, 2.24) is 14.5 Å². The number of rotatable bonds is 5. The second-order valence-electron chi connectivity index (χ2n) is 6.30. The number of fused-ring (bicyclic) bond motifs is 1. The van der Waals surface area contributed by atoms with Crippen molar-refractivity contribution in [3.05, 3.63) is 60.2 Å². The number of aromatic nitrogens is 3. The van der Waals surface area contributed by atoms with E-state index >= 15 is 0 Å². The second-order valence-corrected chi connectivity index (χ2v) is 6.30. The van der Waals surface area contributed by atoms with Crippen molar-refractivity contribution in [2.24, 2.45) is 0 Å². The van der Waals surface area contributed by atoms with E-state index in [1.54, 1.807) is 13.3 Å². The van der Waals surface area contributed by atoms with Gasteiger partial charge in [0.1, 0.15) is 11.6 Å². The molecular weight excluding hydrogens is 312 g/mol. The van der Waals surface area contributed by atoms with Crippen LogP contribution in [0.15, 0.2) is 48.8 Å². The Bertz CT molecular complexity index is 837. The molecular formula is C20H22N4O. The van der Waals surface area contributed by atoms with Crippen molar-refractivity contribution >= 4 is 5.69 Å². The van der Waals surface area contributed by atoms with Crippen LogP contribution < -0.4 is 10.1 Å². The van der Waals surface area contributed by atoms with Gasteiger partial charge in [-0.2, -0.15) is 0 Å². The summed E-state index contributed by atoms with van der Waals surface area (Å²) in [7, 11) is 1.65. The van der Waals surface area contributed by atoms with Crippen LogP contribution in [-0.4, -0.2) is 21.6 Å². The van der Waals surface area contributed by atoms with Gasteiger partial charge in [-0.25, -0.2) is 4.98 Å². The molecule has 1 aliphatic rings. The van der Waals surface area contributed by atoms with Crippen molar-refractivity contribution < 1.29 is 4.74 Å². The van der Waals surface area contributed by atoms with E-state index in [2.05, 4.69) is 44.1 Å². The van der Waals surface area contributed by atoms with Crippen LogP contribution in [0.4, 0.5) is 5.69 Å². The van der Waals surface area contributed by atoms with Crippen molar-refractivity contribution in [2.75, 3.05) is 12.4 Å². The molecule has 0 unspecified atom stereocenters. The Morgan fingerprint density at radius 1 is 1.04 bits per heavy atom. The highest BCUT2D eigenvalue weighted by Gasteiger charge is 2.14. The Labute approximate surface area is 147 Å². The number of hydrogen-bond acceptors (Lipinski definition) is 4. The molecule has 0 radical (unpaired) electrons. The molecule has 1 N–H and O–H groups in total. The molecule has 0 aliphatic carbocycles. The third kappa shape index (κ3) is 3.36. The number of aryl methyl sites for hydroxylation is 1. The minimum Gasteiger partial charge on any atom is -0.495 e. The summed E-state index contributed by atoms with van der Waals surface area (Å²) in [5.41, 5.74) is 4.58. The van der Waals surface area contributed by atoms with Crippen LogP contribution in [0.3, 0.4) is 0 Å². The lowest BCUT2D eigenvalue weighted by molar-refractivity contribution is 0.412. The predicted molar refractivity (Wildman–Crippen MR) is 98.7 cm³/mol. The second kappa shape index (κ2) is 6.97. The lowest BCUT2D eigenvalue weighted by Gasteiger charge is -2.16. The van der Waals surface area contributed by atoms with Crippen molar-refractivity contribution in [2.45, 2.75) is 32.4 Å². The van der Waals surface area contributed by atoms with Crippen LogP contribution in [-0.2, 0) is 19.5 Å². The quantitative estimate of drug-likeness (QED) is 0.769. The normalized spacial score (nSPS) is 13.3. The Balaban J connectivity index is 1.44. The van der Waals surface area contributed by atoms with Crippen LogP contribution in [0.2, 0.25) is 0 Å². The fourth-order valence-corrected chi connectivity index (χ4v) is 3.23. The fraction of sp³-hybridized carbons (Fsp3) is 0.300. The number of nitrogens with one attached hydrogen (secondary N) is 1. The lowest BCUT2D eigenvalue weighted by Crippen LogP contribution is -2.10. The SMILES string of the molecule is COc1ccc(CNc2ccc(-c3ncc4n3CCCC4)cc2)nc1. The number of pyridine rings is 1. The van der Waals surface area contributed by atoms with Gasteiger partial charge in [0.15, 0.2) is 0 Å². The zero-order valence-electron chi connectivity index (χ0n) is 14.4. The molecule has 2 aromatic heterocycles. The van der Waals surface area contributed by atoms with Gasteiger partial charge in [0, 0.05) is 29.7 Å². The maximum atomic E-state index is 5.13. The summed E-state index contributed by atoms with van der Waals surface area (Å²) in [6.07, 6.45) is 7.41. The first-order valence-electron chi connectivity index (χ1n) is 8.71. The first kappa shape index (κ1) is 15.7. The third-order valence-corrected chi connectivity index (χ3v) is 4.65. The van der Waals surface area contributed by atoms with Crippen LogP contribution >= 0.6 is 0 Å². The molecule has 0 spiro atoms. The molecule has 5 heteroatoms. The first-order valence-corrected chi connectivity index (χ1v) is 8.71. The Kier molecular flexibility index (Phi) is 4.37. The summed E-state index contributed by atoms with van der Waals surface area (Å²) in [6, 6.07) is 12.4. The maximum Gasteiger partial charge on any atom is 0.140 e. The van der Waals surface area contributed by atoms with Crippen LogP contribution in [0.25, 0.3) is 11.4 Å². The van der Waals surface area contributed by atoms with E-state index in [1.165, 1.54) is 24.1 Å². The molecule has 1 aromatic carbocycles. The highest BCUT2D eigenvalue weighted by atomic mass is 16.5. The summed E-state index contributed by atoms with van der Waals surface area (Å²) in [5.74, 6) is 1.86. The van der Waals surface area contributed by atoms with E-state index < -0.39 is 0 Å². The van der Waals surface area contributed by atoms with E-state index in [9.17, 15) is 0 Å². The van der Waals surface area contributed by atoms with Gasteiger partial charge in [0.2, 0.25) is 0 Å². The zero-order chi connectivity index (χ0) is 17.1. The molecule has 0 atom stereocenters. The van der Waals surface area contributed by atoms with Gasteiger partial charge in [-0.15, -0.1) is 0 Å². The zero-order valence-corrected chi connectivity index (χ0v) is 14.4. The molecule has 1 aliphatic heterocycles. The van der Waals surface area contributed by atoms with Crippen LogP contribution in [0, 0.1) is 0 Å². The minimum atomic E-state index is 0.683. The van der Waals surface area contributed by atoms with Crippen molar-refractivity contribution in [3.63, 3.8) is 0 Å². The number of methoxy groups -OCH3 is 1. The Hall–Kier alpha value is -2.82. The number of benzene rings is 1. The first-order chi connectivity index (χ1) is 12.3. The Morgan fingerprint density at radius 2 is 1.92 bits per heavy atom. The van der Waals surface area contributed by atoms with Gasteiger partial charge in [-0.05, 0) is 55.7 Å². The average molecular weight is 334 g/mol. The molecule has 0 bridgehead atoms. The van der Waals surface area contributed by atoms with E-state index in [0.29, 0.717) is 6.54 Å². The van der Waals surface area contributed by atoms with Gasteiger partial charge >= 0.3 is 0 Å². The smallest absolute Gasteiger partial charge is 0.140 e. The van der Waals surface area contributed by atoms with Gasteiger partial charge < -0.3 is 14.6 Å². The molecule has 25 heavy (non-hydrogen) atoms. The van der Waals surface area contributed by atoms with Crippen molar-refractivity contribution in [3.8, 4) is 17.1 Å². The Morgan fingerprint density at radius 3 is 2.68 bits per heavy atom. The van der Waals surface area contributed by atoms with E-state index in [1.807, 2.05) is 18.3 Å². The van der Waals surface area contributed by atoms with Gasteiger partial charge in [0.25, 0.3) is 0 Å². The standard InChI is InChI=1S/C20H22N4O/c1-25-19-10-9-17(22-14-19)12-21-16-7-5-15(6-8-16)20-23-13-18-4-2-3-11-24(18)20/h5-10,13-14,21H,2-4,11-12H2,1H3. The predicted octanol–water partition coefficient (Wildman–Crippen LogP) is 3.90. The average Bonchev–Trinajstić information content (AvgIpc) is 3.11. The largest absolute Gasteiger partial charge is 0.495 e.